The van der Waals surface area contributed by atoms with Gasteiger partial charge in [-0.05, 0) is 45.4 Å². The Balaban J connectivity index is 2.44. The van der Waals surface area contributed by atoms with Crippen molar-refractivity contribution in [2.24, 2.45) is 11.8 Å². The summed E-state index contributed by atoms with van der Waals surface area (Å²) < 4.78 is 5.35. The van der Waals surface area contributed by atoms with Crippen molar-refractivity contribution < 1.29 is 9.53 Å². The third kappa shape index (κ3) is 7.16. The van der Waals surface area contributed by atoms with E-state index in [4.69, 9.17) is 4.74 Å². The SMILES string of the molecule is CC(C)C(CNC1CCCCC1C)NC(=O)OC(C)(C)C. The van der Waals surface area contributed by atoms with Gasteiger partial charge in [0.15, 0.2) is 0 Å². The lowest BCUT2D eigenvalue weighted by molar-refractivity contribution is 0.0487. The Morgan fingerprint density at radius 2 is 1.86 bits per heavy atom. The first-order chi connectivity index (χ1) is 9.69. The van der Waals surface area contributed by atoms with Crippen LogP contribution in [-0.4, -0.2) is 30.3 Å². The van der Waals surface area contributed by atoms with Crippen LogP contribution in [0.25, 0.3) is 0 Å². The second kappa shape index (κ2) is 8.02. The van der Waals surface area contributed by atoms with Gasteiger partial charge < -0.3 is 15.4 Å². The quantitative estimate of drug-likeness (QED) is 0.813. The summed E-state index contributed by atoms with van der Waals surface area (Å²) in [6.07, 6.45) is 4.90. The third-order valence-corrected chi connectivity index (χ3v) is 4.22. The van der Waals surface area contributed by atoms with E-state index in [0.717, 1.165) is 12.5 Å². The number of amides is 1. The number of nitrogens with one attached hydrogen (secondary N) is 2. The minimum absolute atomic E-state index is 0.106. The van der Waals surface area contributed by atoms with Crippen LogP contribution in [0.4, 0.5) is 4.79 Å². The van der Waals surface area contributed by atoms with Gasteiger partial charge >= 0.3 is 6.09 Å². The number of hydrogen-bond acceptors (Lipinski definition) is 3. The molecule has 0 aromatic carbocycles. The molecule has 2 N–H and O–H groups in total. The highest BCUT2D eigenvalue weighted by molar-refractivity contribution is 5.68. The molecular weight excluding hydrogens is 264 g/mol. The molecule has 0 saturated heterocycles. The number of carbonyl (C=O) groups excluding carboxylic acids is 1. The highest BCUT2D eigenvalue weighted by atomic mass is 16.6. The Hall–Kier alpha value is -0.770. The third-order valence-electron chi connectivity index (χ3n) is 4.22. The maximum atomic E-state index is 11.9. The molecule has 0 spiro atoms. The molecule has 0 aliphatic heterocycles. The van der Waals surface area contributed by atoms with Crippen LogP contribution in [0.3, 0.4) is 0 Å². The predicted octanol–water partition coefficient (Wildman–Crippen LogP) is 3.70. The molecular formula is C17H34N2O2. The molecule has 3 unspecified atom stereocenters. The molecule has 1 aliphatic carbocycles. The van der Waals surface area contributed by atoms with Gasteiger partial charge in [-0.1, -0.05) is 33.6 Å². The molecule has 21 heavy (non-hydrogen) atoms. The van der Waals surface area contributed by atoms with Gasteiger partial charge in [0.25, 0.3) is 0 Å². The molecule has 0 heterocycles. The molecule has 124 valence electrons. The number of alkyl carbamates (subject to hydrolysis) is 1. The second-order valence-electron chi connectivity index (χ2n) is 7.77. The maximum Gasteiger partial charge on any atom is 0.407 e. The van der Waals surface area contributed by atoms with Crippen LogP contribution in [0.5, 0.6) is 0 Å². The molecule has 4 nitrogen and oxygen atoms in total. The van der Waals surface area contributed by atoms with E-state index < -0.39 is 5.60 Å². The van der Waals surface area contributed by atoms with Crippen molar-refractivity contribution in [1.82, 2.24) is 10.6 Å². The van der Waals surface area contributed by atoms with Crippen molar-refractivity contribution in [3.8, 4) is 0 Å². The van der Waals surface area contributed by atoms with Crippen molar-refractivity contribution in [1.29, 1.82) is 0 Å². The summed E-state index contributed by atoms with van der Waals surface area (Å²) in [6.45, 7) is 13.1. The van der Waals surface area contributed by atoms with Crippen LogP contribution in [0.2, 0.25) is 0 Å². The average Bonchev–Trinajstić information content (AvgIpc) is 2.33. The topological polar surface area (TPSA) is 50.4 Å². The number of hydrogen-bond donors (Lipinski definition) is 2. The first kappa shape index (κ1) is 18.3. The Bertz CT molecular complexity index is 323. The zero-order chi connectivity index (χ0) is 16.0. The monoisotopic (exact) mass is 298 g/mol. The zero-order valence-electron chi connectivity index (χ0n) is 14.7. The Morgan fingerprint density at radius 3 is 2.38 bits per heavy atom. The van der Waals surface area contributed by atoms with Gasteiger partial charge in [0.1, 0.15) is 5.60 Å². The van der Waals surface area contributed by atoms with Crippen molar-refractivity contribution in [2.45, 2.75) is 84.9 Å². The minimum Gasteiger partial charge on any atom is -0.444 e. The van der Waals surface area contributed by atoms with Gasteiger partial charge in [-0.15, -0.1) is 0 Å². The minimum atomic E-state index is -0.447. The molecule has 0 radical (unpaired) electrons. The van der Waals surface area contributed by atoms with Gasteiger partial charge in [-0.2, -0.15) is 0 Å². The molecule has 1 rings (SSSR count). The fourth-order valence-corrected chi connectivity index (χ4v) is 2.81. The highest BCUT2D eigenvalue weighted by Crippen LogP contribution is 2.23. The fourth-order valence-electron chi connectivity index (χ4n) is 2.81. The number of carbonyl (C=O) groups is 1. The van der Waals surface area contributed by atoms with Crippen molar-refractivity contribution in [2.75, 3.05) is 6.54 Å². The van der Waals surface area contributed by atoms with Crippen LogP contribution in [0.1, 0.15) is 67.2 Å². The van der Waals surface area contributed by atoms with E-state index >= 15 is 0 Å². The molecule has 1 fully saturated rings. The van der Waals surface area contributed by atoms with E-state index in [9.17, 15) is 4.79 Å². The van der Waals surface area contributed by atoms with E-state index in [1.165, 1.54) is 25.7 Å². The van der Waals surface area contributed by atoms with E-state index in [2.05, 4.69) is 31.4 Å². The van der Waals surface area contributed by atoms with Crippen molar-refractivity contribution in [3.63, 3.8) is 0 Å². The summed E-state index contributed by atoms with van der Waals surface area (Å²) in [6, 6.07) is 0.689. The summed E-state index contributed by atoms with van der Waals surface area (Å²) in [5, 5.41) is 6.65. The average molecular weight is 298 g/mol. The second-order valence-corrected chi connectivity index (χ2v) is 7.77. The van der Waals surface area contributed by atoms with Gasteiger partial charge in [0.2, 0.25) is 0 Å². The largest absolute Gasteiger partial charge is 0.444 e. The Kier molecular flexibility index (Phi) is 6.98. The van der Waals surface area contributed by atoms with Gasteiger partial charge in [-0.25, -0.2) is 4.79 Å². The number of ether oxygens (including phenoxy) is 1. The maximum absolute atomic E-state index is 11.9. The lowest BCUT2D eigenvalue weighted by Gasteiger charge is -2.32. The molecule has 3 atom stereocenters. The smallest absolute Gasteiger partial charge is 0.407 e. The molecule has 1 aliphatic rings. The summed E-state index contributed by atoms with van der Waals surface area (Å²) in [5.41, 5.74) is -0.447. The number of rotatable bonds is 5. The van der Waals surface area contributed by atoms with Crippen LogP contribution in [0.15, 0.2) is 0 Å². The molecule has 4 heteroatoms. The van der Waals surface area contributed by atoms with Crippen LogP contribution < -0.4 is 10.6 Å². The molecule has 1 amide bonds. The van der Waals surface area contributed by atoms with E-state index in [-0.39, 0.29) is 12.1 Å². The first-order valence-electron chi connectivity index (χ1n) is 8.42. The summed E-state index contributed by atoms with van der Waals surface area (Å²) in [7, 11) is 0. The lowest BCUT2D eigenvalue weighted by Crippen LogP contribution is -2.50. The zero-order valence-corrected chi connectivity index (χ0v) is 14.7. The van der Waals surface area contributed by atoms with Crippen molar-refractivity contribution >= 4 is 6.09 Å². The highest BCUT2D eigenvalue weighted by Gasteiger charge is 2.25. The van der Waals surface area contributed by atoms with Crippen molar-refractivity contribution in [3.05, 3.63) is 0 Å². The Morgan fingerprint density at radius 1 is 1.24 bits per heavy atom. The molecule has 0 aromatic heterocycles. The van der Waals surface area contributed by atoms with Crippen LogP contribution >= 0.6 is 0 Å². The van der Waals surface area contributed by atoms with E-state index in [1.54, 1.807) is 0 Å². The van der Waals surface area contributed by atoms with Gasteiger partial charge in [0.05, 0.1) is 0 Å². The lowest BCUT2D eigenvalue weighted by atomic mass is 9.85. The summed E-state index contributed by atoms with van der Waals surface area (Å²) >= 11 is 0. The first-order valence-corrected chi connectivity index (χ1v) is 8.42. The molecule has 0 bridgehead atoms. The van der Waals surface area contributed by atoms with Crippen LogP contribution in [0, 0.1) is 11.8 Å². The molecule has 1 saturated carbocycles. The normalized spacial score (nSPS) is 24.7. The van der Waals surface area contributed by atoms with Crippen LogP contribution in [-0.2, 0) is 4.74 Å². The fraction of sp³-hybridized carbons (Fsp3) is 0.941. The van der Waals surface area contributed by atoms with E-state index in [0.29, 0.717) is 12.0 Å². The van der Waals surface area contributed by atoms with E-state index in [1.807, 2.05) is 20.8 Å². The summed E-state index contributed by atoms with van der Waals surface area (Å²) in [4.78, 5) is 11.9. The molecule has 0 aromatic rings. The standard InChI is InChI=1S/C17H34N2O2/c1-12(2)15(19-16(20)21-17(4,5)6)11-18-14-10-8-7-9-13(14)3/h12-15,18H,7-11H2,1-6H3,(H,19,20). The van der Waals surface area contributed by atoms with Gasteiger partial charge in [-0.3, -0.25) is 0 Å². The van der Waals surface area contributed by atoms with Gasteiger partial charge in [0, 0.05) is 18.6 Å². The predicted molar refractivity (Wildman–Crippen MR) is 87.4 cm³/mol. The Labute approximate surface area is 130 Å². The summed E-state index contributed by atoms with van der Waals surface area (Å²) in [5.74, 6) is 1.11.